The van der Waals surface area contributed by atoms with Gasteiger partial charge in [0.05, 0.1) is 0 Å². The van der Waals surface area contributed by atoms with Crippen molar-refractivity contribution in [1.29, 1.82) is 0 Å². The van der Waals surface area contributed by atoms with Crippen molar-refractivity contribution >= 4 is 15.9 Å². The zero-order valence-electron chi connectivity index (χ0n) is 10.3. The Kier molecular flexibility index (Phi) is 5.01. The maximum Gasteiger partial charge on any atom is 0.0495 e. The van der Waals surface area contributed by atoms with Crippen LogP contribution >= 0.6 is 15.9 Å². The lowest BCUT2D eigenvalue weighted by molar-refractivity contribution is 0.181. The average Bonchev–Trinajstić information content (AvgIpc) is 2.84. The summed E-state index contributed by atoms with van der Waals surface area (Å²) >= 11 is 3.61. The highest BCUT2D eigenvalue weighted by molar-refractivity contribution is 9.10. The van der Waals surface area contributed by atoms with Crippen molar-refractivity contribution in [2.75, 3.05) is 20.3 Å². The lowest BCUT2D eigenvalue weighted by atomic mass is 9.94. The lowest BCUT2D eigenvalue weighted by Crippen LogP contribution is -2.30. The Morgan fingerprint density at radius 3 is 2.94 bits per heavy atom. The fourth-order valence-electron chi connectivity index (χ4n) is 2.40. The molecule has 1 saturated heterocycles. The van der Waals surface area contributed by atoms with E-state index in [1.54, 1.807) is 0 Å². The fourth-order valence-corrected chi connectivity index (χ4v) is 2.85. The Balaban J connectivity index is 1.92. The Bertz CT molecular complexity index is 350. The van der Waals surface area contributed by atoms with Gasteiger partial charge in [-0.25, -0.2) is 0 Å². The molecule has 2 rings (SSSR count). The van der Waals surface area contributed by atoms with Crippen LogP contribution in [-0.4, -0.2) is 26.3 Å². The molecule has 1 fully saturated rings. The molecule has 0 aliphatic carbocycles. The maximum atomic E-state index is 5.44. The van der Waals surface area contributed by atoms with Crippen LogP contribution in [0.2, 0.25) is 0 Å². The third-order valence-corrected chi connectivity index (χ3v) is 4.25. The molecule has 17 heavy (non-hydrogen) atoms. The summed E-state index contributed by atoms with van der Waals surface area (Å²) in [4.78, 5) is 0. The van der Waals surface area contributed by atoms with Gasteiger partial charge in [0.15, 0.2) is 0 Å². The molecule has 1 aromatic carbocycles. The Morgan fingerprint density at radius 1 is 1.47 bits per heavy atom. The topological polar surface area (TPSA) is 21.3 Å². The van der Waals surface area contributed by atoms with Gasteiger partial charge in [0.1, 0.15) is 0 Å². The van der Waals surface area contributed by atoms with Crippen LogP contribution in [0.5, 0.6) is 0 Å². The first-order chi connectivity index (χ1) is 8.29. The van der Waals surface area contributed by atoms with E-state index in [2.05, 4.69) is 52.6 Å². The van der Waals surface area contributed by atoms with E-state index in [0.29, 0.717) is 6.04 Å². The second-order valence-corrected chi connectivity index (χ2v) is 5.60. The van der Waals surface area contributed by atoms with Crippen molar-refractivity contribution in [3.63, 3.8) is 0 Å². The second kappa shape index (κ2) is 6.53. The standard InChI is InChI=1S/C14H20BrNO/c1-16-13(8-11-6-7-17-10-11)9-12-4-2-3-5-14(12)15/h2-5,11,13,16H,6-10H2,1H3. The lowest BCUT2D eigenvalue weighted by Gasteiger charge is -2.20. The van der Waals surface area contributed by atoms with Crippen LogP contribution in [0, 0.1) is 5.92 Å². The molecular formula is C14H20BrNO. The van der Waals surface area contributed by atoms with Crippen LogP contribution in [0.3, 0.4) is 0 Å². The molecule has 3 heteroatoms. The molecule has 1 aliphatic heterocycles. The van der Waals surface area contributed by atoms with Gasteiger partial charge >= 0.3 is 0 Å². The molecule has 2 atom stereocenters. The number of hydrogen-bond acceptors (Lipinski definition) is 2. The quantitative estimate of drug-likeness (QED) is 0.902. The molecule has 2 nitrogen and oxygen atoms in total. The highest BCUT2D eigenvalue weighted by Crippen LogP contribution is 2.22. The van der Waals surface area contributed by atoms with Crippen LogP contribution in [0.4, 0.5) is 0 Å². The Morgan fingerprint density at radius 2 is 2.29 bits per heavy atom. The third-order valence-electron chi connectivity index (χ3n) is 3.47. The van der Waals surface area contributed by atoms with E-state index in [9.17, 15) is 0 Å². The van der Waals surface area contributed by atoms with Gasteiger partial charge in [-0.1, -0.05) is 34.1 Å². The molecule has 94 valence electrons. The first-order valence-electron chi connectivity index (χ1n) is 6.28. The van der Waals surface area contributed by atoms with Crippen LogP contribution in [0.1, 0.15) is 18.4 Å². The first-order valence-corrected chi connectivity index (χ1v) is 7.07. The number of ether oxygens (including phenoxy) is 1. The van der Waals surface area contributed by atoms with Crippen LogP contribution in [0.15, 0.2) is 28.7 Å². The van der Waals surface area contributed by atoms with E-state index < -0.39 is 0 Å². The first kappa shape index (κ1) is 13.1. The van der Waals surface area contributed by atoms with Gasteiger partial charge in [-0.15, -0.1) is 0 Å². The summed E-state index contributed by atoms with van der Waals surface area (Å²) < 4.78 is 6.65. The van der Waals surface area contributed by atoms with Gasteiger partial charge in [-0.2, -0.15) is 0 Å². The van der Waals surface area contributed by atoms with E-state index in [1.807, 2.05) is 0 Å². The third kappa shape index (κ3) is 3.80. The van der Waals surface area contributed by atoms with Crippen molar-refractivity contribution in [3.05, 3.63) is 34.3 Å². The maximum absolute atomic E-state index is 5.44. The number of benzene rings is 1. The highest BCUT2D eigenvalue weighted by Gasteiger charge is 2.20. The molecule has 1 aromatic rings. The van der Waals surface area contributed by atoms with Gasteiger partial charge in [0.25, 0.3) is 0 Å². The second-order valence-electron chi connectivity index (χ2n) is 4.75. The SMILES string of the molecule is CNC(Cc1ccccc1Br)CC1CCOC1. The van der Waals surface area contributed by atoms with Crippen LogP contribution < -0.4 is 5.32 Å². The number of likely N-dealkylation sites (N-methyl/N-ethyl adjacent to an activating group) is 1. The minimum atomic E-state index is 0.542. The molecule has 0 aromatic heterocycles. The van der Waals surface area contributed by atoms with E-state index in [-0.39, 0.29) is 0 Å². The smallest absolute Gasteiger partial charge is 0.0495 e. The number of hydrogen-bond donors (Lipinski definition) is 1. The Hall–Kier alpha value is -0.380. The van der Waals surface area contributed by atoms with E-state index in [1.165, 1.54) is 22.9 Å². The van der Waals surface area contributed by atoms with Crippen molar-refractivity contribution in [2.45, 2.75) is 25.3 Å². The molecule has 0 saturated carbocycles. The number of nitrogens with one attached hydrogen (secondary N) is 1. The van der Waals surface area contributed by atoms with Crippen LogP contribution in [0.25, 0.3) is 0 Å². The Labute approximate surface area is 112 Å². The van der Waals surface area contributed by atoms with Crippen molar-refractivity contribution < 1.29 is 4.74 Å². The summed E-state index contributed by atoms with van der Waals surface area (Å²) in [7, 11) is 2.05. The number of halogens is 1. The van der Waals surface area contributed by atoms with Gasteiger partial charge < -0.3 is 10.1 Å². The molecule has 0 spiro atoms. The molecule has 0 radical (unpaired) electrons. The van der Waals surface area contributed by atoms with Crippen LogP contribution in [-0.2, 0) is 11.2 Å². The average molecular weight is 298 g/mol. The zero-order valence-corrected chi connectivity index (χ0v) is 11.9. The van der Waals surface area contributed by atoms with Crippen molar-refractivity contribution in [2.24, 2.45) is 5.92 Å². The molecule has 2 unspecified atom stereocenters. The predicted molar refractivity (Wildman–Crippen MR) is 74.2 cm³/mol. The summed E-state index contributed by atoms with van der Waals surface area (Å²) in [6, 6.07) is 9.01. The summed E-state index contributed by atoms with van der Waals surface area (Å²) in [6.07, 6.45) is 3.50. The highest BCUT2D eigenvalue weighted by atomic mass is 79.9. The molecule has 0 amide bonds. The van der Waals surface area contributed by atoms with Gasteiger partial charge in [-0.3, -0.25) is 0 Å². The van der Waals surface area contributed by atoms with Gasteiger partial charge in [0, 0.05) is 23.7 Å². The van der Waals surface area contributed by atoms with Gasteiger partial charge in [0.2, 0.25) is 0 Å². The molecule has 1 heterocycles. The van der Waals surface area contributed by atoms with E-state index in [4.69, 9.17) is 4.74 Å². The molecule has 1 aliphatic rings. The minimum Gasteiger partial charge on any atom is -0.381 e. The van der Waals surface area contributed by atoms with Crippen molar-refractivity contribution in [3.8, 4) is 0 Å². The summed E-state index contributed by atoms with van der Waals surface area (Å²) in [5, 5.41) is 3.43. The predicted octanol–water partition coefficient (Wildman–Crippen LogP) is 3.01. The number of rotatable bonds is 5. The van der Waals surface area contributed by atoms with E-state index in [0.717, 1.165) is 25.6 Å². The largest absolute Gasteiger partial charge is 0.381 e. The van der Waals surface area contributed by atoms with E-state index >= 15 is 0 Å². The monoisotopic (exact) mass is 297 g/mol. The van der Waals surface area contributed by atoms with Crippen molar-refractivity contribution in [1.82, 2.24) is 5.32 Å². The molecular weight excluding hydrogens is 278 g/mol. The normalized spacial score (nSPS) is 21.6. The summed E-state index contributed by atoms with van der Waals surface area (Å²) in [5.41, 5.74) is 1.38. The van der Waals surface area contributed by atoms with Gasteiger partial charge in [-0.05, 0) is 43.9 Å². The summed E-state index contributed by atoms with van der Waals surface area (Å²) in [6.45, 7) is 1.88. The zero-order chi connectivity index (χ0) is 12.1. The molecule has 0 bridgehead atoms. The fraction of sp³-hybridized carbons (Fsp3) is 0.571. The summed E-state index contributed by atoms with van der Waals surface area (Å²) in [5.74, 6) is 0.731. The minimum absolute atomic E-state index is 0.542. The molecule has 1 N–H and O–H groups in total.